The molecule has 10 nitrogen and oxygen atoms in total. The van der Waals surface area contributed by atoms with E-state index in [1.54, 1.807) is 24.3 Å². The zero-order chi connectivity index (χ0) is 23.5. The van der Waals surface area contributed by atoms with Crippen LogP contribution in [0, 0.1) is 5.82 Å². The van der Waals surface area contributed by atoms with Gasteiger partial charge < -0.3 is 25.4 Å². The highest BCUT2D eigenvalue weighted by atomic mass is 35.5. The third-order valence-corrected chi connectivity index (χ3v) is 5.35. The van der Waals surface area contributed by atoms with Crippen molar-refractivity contribution in [2.45, 2.75) is 6.10 Å². The van der Waals surface area contributed by atoms with Crippen LogP contribution in [0.5, 0.6) is 0 Å². The largest absolute Gasteiger partial charge is 0.389 e. The van der Waals surface area contributed by atoms with E-state index < -0.39 is 24.0 Å². The van der Waals surface area contributed by atoms with Crippen LogP contribution in [0.2, 0.25) is 5.02 Å². The van der Waals surface area contributed by atoms with Crippen LogP contribution in [0.15, 0.2) is 42.5 Å². The molecule has 1 unspecified atom stereocenters. The van der Waals surface area contributed by atoms with Crippen molar-refractivity contribution in [3.63, 3.8) is 0 Å². The van der Waals surface area contributed by atoms with Crippen LogP contribution in [-0.4, -0.2) is 72.0 Å². The Kier molecular flexibility index (Phi) is 6.63. The summed E-state index contributed by atoms with van der Waals surface area (Å²) in [4.78, 5) is 38.7. The van der Waals surface area contributed by atoms with Crippen LogP contribution in [0.3, 0.4) is 0 Å². The number of hydrazine groups is 1. The quantitative estimate of drug-likeness (QED) is 0.628. The first-order valence-corrected chi connectivity index (χ1v) is 10.5. The van der Waals surface area contributed by atoms with Crippen molar-refractivity contribution in [2.24, 2.45) is 0 Å². The number of nitrogens with zero attached hydrogens (tertiary/aromatic N) is 3. The van der Waals surface area contributed by atoms with E-state index in [0.717, 1.165) is 16.1 Å². The minimum Gasteiger partial charge on any atom is -0.389 e. The third kappa shape index (κ3) is 5.16. The number of urea groups is 2. The summed E-state index contributed by atoms with van der Waals surface area (Å²) in [6, 6.07) is 8.96. The first-order valence-electron chi connectivity index (χ1n) is 10.1. The van der Waals surface area contributed by atoms with Gasteiger partial charge in [0.05, 0.1) is 31.5 Å². The summed E-state index contributed by atoms with van der Waals surface area (Å²) < 4.78 is 19.7. The van der Waals surface area contributed by atoms with Crippen LogP contribution in [0.25, 0.3) is 0 Å². The summed E-state index contributed by atoms with van der Waals surface area (Å²) in [7, 11) is 0. The van der Waals surface area contributed by atoms with E-state index in [1.807, 2.05) is 0 Å². The second-order valence-electron chi connectivity index (χ2n) is 7.45. The van der Waals surface area contributed by atoms with Crippen LogP contribution in [-0.2, 0) is 9.53 Å². The number of rotatable bonds is 3. The van der Waals surface area contributed by atoms with Gasteiger partial charge in [0.15, 0.2) is 0 Å². The Bertz CT molecular complexity index is 1070. The molecule has 0 bridgehead atoms. The molecule has 2 saturated heterocycles. The number of ether oxygens (including phenoxy) is 1. The molecule has 2 aromatic rings. The smallest absolute Gasteiger partial charge is 0.340 e. The second-order valence-corrected chi connectivity index (χ2v) is 7.89. The van der Waals surface area contributed by atoms with Crippen molar-refractivity contribution in [1.29, 1.82) is 0 Å². The minimum atomic E-state index is -0.946. The fourth-order valence-electron chi connectivity index (χ4n) is 3.52. The molecule has 2 aliphatic heterocycles. The van der Waals surface area contributed by atoms with E-state index in [0.29, 0.717) is 17.3 Å². The van der Waals surface area contributed by atoms with Gasteiger partial charge in [-0.3, -0.25) is 4.79 Å². The Morgan fingerprint density at radius 2 is 1.64 bits per heavy atom. The highest BCUT2D eigenvalue weighted by molar-refractivity contribution is 6.30. The summed E-state index contributed by atoms with van der Waals surface area (Å²) in [5.74, 6) is -1.05. The number of amides is 5. The number of morpholine rings is 1. The number of aliphatic hydroxyl groups is 1. The number of anilines is 3. The molecule has 5 amide bonds. The van der Waals surface area contributed by atoms with Gasteiger partial charge in [-0.05, 0) is 42.5 Å². The van der Waals surface area contributed by atoms with Crippen LogP contribution in [0.1, 0.15) is 0 Å². The van der Waals surface area contributed by atoms with Gasteiger partial charge in [0.1, 0.15) is 12.4 Å². The first kappa shape index (κ1) is 22.8. The highest BCUT2D eigenvalue weighted by Gasteiger charge is 2.36. The summed E-state index contributed by atoms with van der Waals surface area (Å²) >= 11 is 5.84. The number of halogens is 2. The van der Waals surface area contributed by atoms with Gasteiger partial charge in [0.2, 0.25) is 0 Å². The molecule has 33 heavy (non-hydrogen) atoms. The molecule has 2 aliphatic rings. The Balaban J connectivity index is 1.44. The van der Waals surface area contributed by atoms with E-state index in [4.69, 9.17) is 16.3 Å². The average Bonchev–Trinajstić information content (AvgIpc) is 3.18. The predicted molar refractivity (Wildman–Crippen MR) is 118 cm³/mol. The fourth-order valence-corrected chi connectivity index (χ4v) is 3.65. The molecule has 2 fully saturated rings. The summed E-state index contributed by atoms with van der Waals surface area (Å²) in [5.41, 5.74) is 0.671. The van der Waals surface area contributed by atoms with Crippen LogP contribution >= 0.6 is 11.6 Å². The van der Waals surface area contributed by atoms with Crippen molar-refractivity contribution in [3.05, 3.63) is 53.3 Å². The highest BCUT2D eigenvalue weighted by Crippen LogP contribution is 2.25. The standard InChI is InChI=1S/C21H21ClFN5O5/c22-13-1-3-14(4-2-13)24-20(31)27-10-16(29)11-28(27)21(32)25-15-5-6-18(17(23)9-15)26-7-8-33-12-19(26)30/h1-6,9,16,29H,7-8,10-12H2,(H,24,31)(H,25,32). The Labute approximate surface area is 193 Å². The van der Waals surface area contributed by atoms with Gasteiger partial charge in [0, 0.05) is 22.9 Å². The predicted octanol–water partition coefficient (Wildman–Crippen LogP) is 2.50. The maximum Gasteiger partial charge on any atom is 0.340 e. The number of aliphatic hydroxyl groups excluding tert-OH is 1. The maximum absolute atomic E-state index is 14.6. The molecule has 174 valence electrons. The lowest BCUT2D eigenvalue weighted by atomic mass is 10.2. The van der Waals surface area contributed by atoms with Gasteiger partial charge >= 0.3 is 12.1 Å². The van der Waals surface area contributed by atoms with Crippen LogP contribution in [0.4, 0.5) is 31.0 Å². The number of hydrogen-bond acceptors (Lipinski definition) is 5. The molecule has 0 saturated carbocycles. The Hall–Kier alpha value is -3.41. The van der Waals surface area contributed by atoms with E-state index in [1.165, 1.54) is 17.0 Å². The molecule has 12 heteroatoms. The lowest BCUT2D eigenvalue weighted by molar-refractivity contribution is -0.125. The molecule has 3 N–H and O–H groups in total. The van der Waals surface area contributed by atoms with Crippen molar-refractivity contribution in [1.82, 2.24) is 10.0 Å². The van der Waals surface area contributed by atoms with Crippen molar-refractivity contribution in [2.75, 3.05) is 48.4 Å². The first-order chi connectivity index (χ1) is 15.8. The lowest BCUT2D eigenvalue weighted by Crippen LogP contribution is -2.48. The van der Waals surface area contributed by atoms with Crippen LogP contribution < -0.4 is 15.5 Å². The van der Waals surface area contributed by atoms with Gasteiger partial charge in [-0.2, -0.15) is 0 Å². The van der Waals surface area contributed by atoms with Crippen molar-refractivity contribution < 1.29 is 28.6 Å². The number of nitrogens with one attached hydrogen (secondary N) is 2. The second kappa shape index (κ2) is 9.61. The van der Waals surface area contributed by atoms with E-state index in [2.05, 4.69) is 10.6 Å². The maximum atomic E-state index is 14.6. The molecular formula is C21H21ClFN5O5. The number of carbonyl (C=O) groups is 3. The zero-order valence-electron chi connectivity index (χ0n) is 17.3. The Morgan fingerprint density at radius 1 is 1.03 bits per heavy atom. The normalized spacial score (nSPS) is 18.5. The number of hydrogen-bond donors (Lipinski definition) is 3. The van der Waals surface area contributed by atoms with E-state index in [9.17, 15) is 23.9 Å². The van der Waals surface area contributed by atoms with Gasteiger partial charge in [-0.1, -0.05) is 11.6 Å². The average molecular weight is 478 g/mol. The fraction of sp³-hybridized carbons (Fsp3) is 0.286. The van der Waals surface area contributed by atoms with Crippen molar-refractivity contribution in [3.8, 4) is 0 Å². The molecule has 1 atom stereocenters. The summed E-state index contributed by atoms with van der Waals surface area (Å²) in [5, 5.41) is 17.8. The molecule has 2 aromatic carbocycles. The zero-order valence-corrected chi connectivity index (χ0v) is 18.1. The summed E-state index contributed by atoms with van der Waals surface area (Å²) in [6.07, 6.45) is -0.946. The summed E-state index contributed by atoms with van der Waals surface area (Å²) in [6.45, 7) is 0.185. The molecule has 0 aliphatic carbocycles. The van der Waals surface area contributed by atoms with Crippen molar-refractivity contribution >= 4 is 46.6 Å². The Morgan fingerprint density at radius 3 is 2.24 bits per heavy atom. The molecule has 0 spiro atoms. The van der Waals surface area contributed by atoms with Gasteiger partial charge in [-0.15, -0.1) is 0 Å². The van der Waals surface area contributed by atoms with Gasteiger partial charge in [-0.25, -0.2) is 24.0 Å². The van der Waals surface area contributed by atoms with E-state index >= 15 is 0 Å². The monoisotopic (exact) mass is 477 g/mol. The number of benzene rings is 2. The lowest BCUT2D eigenvalue weighted by Gasteiger charge is -2.28. The van der Waals surface area contributed by atoms with E-state index in [-0.39, 0.29) is 43.5 Å². The molecule has 0 aromatic heterocycles. The molecular weight excluding hydrogens is 457 g/mol. The number of β-amino-alcohol motifs (C(OH)–C–C–N with tert-alkyl or cyclic N) is 1. The molecule has 2 heterocycles. The van der Waals surface area contributed by atoms with Gasteiger partial charge in [0.25, 0.3) is 5.91 Å². The topological polar surface area (TPSA) is 114 Å². The minimum absolute atomic E-state index is 0.0851. The third-order valence-electron chi connectivity index (χ3n) is 5.10. The SMILES string of the molecule is O=C1COCCN1c1ccc(NC(=O)N2CC(O)CN2C(=O)Nc2ccc(Cl)cc2)cc1F. The molecule has 0 radical (unpaired) electrons. The molecule has 4 rings (SSSR count). The number of carbonyl (C=O) groups excluding carboxylic acids is 3.